The second-order valence-corrected chi connectivity index (χ2v) is 3.76. The van der Waals surface area contributed by atoms with Crippen molar-refractivity contribution < 1.29 is 4.74 Å². The molecule has 0 N–H and O–H groups in total. The van der Waals surface area contributed by atoms with Gasteiger partial charge in [-0.1, -0.05) is 19.4 Å². The molecule has 0 bridgehead atoms. The van der Waals surface area contributed by atoms with Gasteiger partial charge in [-0.05, 0) is 24.7 Å². The summed E-state index contributed by atoms with van der Waals surface area (Å²) in [4.78, 5) is 0. The monoisotopic (exact) mass is 154 g/mol. The Labute approximate surface area is 69.4 Å². The zero-order chi connectivity index (χ0) is 8.32. The molecule has 0 aromatic carbocycles. The van der Waals surface area contributed by atoms with Crippen LogP contribution in [0, 0.1) is 5.41 Å². The minimum atomic E-state index is 0.397. The highest BCUT2D eigenvalue weighted by molar-refractivity contribution is 4.93. The molecule has 1 aliphatic carbocycles. The Balaban J connectivity index is 2.45. The molecule has 11 heavy (non-hydrogen) atoms. The van der Waals surface area contributed by atoms with Gasteiger partial charge < -0.3 is 4.74 Å². The lowest BCUT2D eigenvalue weighted by Crippen LogP contribution is -2.39. The summed E-state index contributed by atoms with van der Waals surface area (Å²) in [6.07, 6.45) is 7.35. The number of rotatable bonds is 4. The van der Waals surface area contributed by atoms with Gasteiger partial charge in [-0.25, -0.2) is 0 Å². The van der Waals surface area contributed by atoms with Gasteiger partial charge in [0, 0.05) is 7.11 Å². The number of hydrogen-bond acceptors (Lipinski definition) is 1. The summed E-state index contributed by atoms with van der Waals surface area (Å²) in [6.45, 7) is 6.05. The molecule has 0 aromatic rings. The first-order valence-electron chi connectivity index (χ1n) is 4.36. The van der Waals surface area contributed by atoms with Gasteiger partial charge in [0.1, 0.15) is 0 Å². The van der Waals surface area contributed by atoms with Gasteiger partial charge in [-0.3, -0.25) is 0 Å². The highest BCUT2D eigenvalue weighted by atomic mass is 16.5. The predicted molar refractivity (Wildman–Crippen MR) is 47.6 cm³/mol. The molecular formula is C10H18O. The predicted octanol–water partition coefficient (Wildman–Crippen LogP) is 2.77. The molecule has 64 valence electrons. The molecule has 1 saturated carbocycles. The topological polar surface area (TPSA) is 9.23 Å². The average molecular weight is 154 g/mol. The SMILES string of the molecule is C=CCC(OC)C1(C)CCC1. The van der Waals surface area contributed by atoms with E-state index in [-0.39, 0.29) is 0 Å². The van der Waals surface area contributed by atoms with E-state index in [2.05, 4.69) is 13.5 Å². The van der Waals surface area contributed by atoms with Crippen molar-refractivity contribution >= 4 is 0 Å². The van der Waals surface area contributed by atoms with Gasteiger partial charge >= 0.3 is 0 Å². The second-order valence-electron chi connectivity index (χ2n) is 3.76. The molecule has 0 aromatic heterocycles. The van der Waals surface area contributed by atoms with Crippen LogP contribution in [-0.2, 0) is 4.74 Å². The Hall–Kier alpha value is -0.300. The third-order valence-corrected chi connectivity index (χ3v) is 2.94. The van der Waals surface area contributed by atoms with Crippen molar-refractivity contribution in [2.45, 2.75) is 38.7 Å². The highest BCUT2D eigenvalue weighted by Gasteiger charge is 2.38. The molecule has 0 radical (unpaired) electrons. The second kappa shape index (κ2) is 3.40. The number of hydrogen-bond donors (Lipinski definition) is 0. The fourth-order valence-corrected chi connectivity index (χ4v) is 1.87. The smallest absolute Gasteiger partial charge is 0.0659 e. The lowest BCUT2D eigenvalue weighted by molar-refractivity contribution is -0.0463. The van der Waals surface area contributed by atoms with Crippen LogP contribution in [0.5, 0.6) is 0 Å². The van der Waals surface area contributed by atoms with Crippen molar-refractivity contribution in [3.05, 3.63) is 12.7 Å². The van der Waals surface area contributed by atoms with Crippen molar-refractivity contribution in [3.63, 3.8) is 0 Å². The molecule has 1 heteroatoms. The van der Waals surface area contributed by atoms with Crippen molar-refractivity contribution in [2.24, 2.45) is 5.41 Å². The largest absolute Gasteiger partial charge is 0.381 e. The Bertz CT molecular complexity index is 136. The molecular weight excluding hydrogens is 136 g/mol. The van der Waals surface area contributed by atoms with Gasteiger partial charge in [0.25, 0.3) is 0 Å². The van der Waals surface area contributed by atoms with Crippen LogP contribution in [0.3, 0.4) is 0 Å². The van der Waals surface area contributed by atoms with E-state index in [4.69, 9.17) is 4.74 Å². The molecule has 0 heterocycles. The van der Waals surface area contributed by atoms with Gasteiger partial charge in [0.15, 0.2) is 0 Å². The molecule has 0 aliphatic heterocycles. The van der Waals surface area contributed by atoms with E-state index in [9.17, 15) is 0 Å². The van der Waals surface area contributed by atoms with Crippen molar-refractivity contribution in [1.82, 2.24) is 0 Å². The summed E-state index contributed by atoms with van der Waals surface area (Å²) < 4.78 is 5.43. The van der Waals surface area contributed by atoms with Crippen LogP contribution in [0.2, 0.25) is 0 Å². The van der Waals surface area contributed by atoms with Gasteiger partial charge in [-0.2, -0.15) is 0 Å². The van der Waals surface area contributed by atoms with E-state index in [0.29, 0.717) is 11.5 Å². The quantitative estimate of drug-likeness (QED) is 0.566. The van der Waals surface area contributed by atoms with Crippen LogP contribution >= 0.6 is 0 Å². The maximum absolute atomic E-state index is 5.43. The van der Waals surface area contributed by atoms with Gasteiger partial charge in [-0.15, -0.1) is 6.58 Å². The van der Waals surface area contributed by atoms with E-state index < -0.39 is 0 Å². The Morgan fingerprint density at radius 2 is 2.27 bits per heavy atom. The molecule has 0 spiro atoms. The van der Waals surface area contributed by atoms with Crippen molar-refractivity contribution in [1.29, 1.82) is 0 Å². The first-order chi connectivity index (χ1) is 5.23. The maximum atomic E-state index is 5.43. The fourth-order valence-electron chi connectivity index (χ4n) is 1.87. The molecule has 1 nitrogen and oxygen atoms in total. The zero-order valence-corrected chi connectivity index (χ0v) is 7.60. The summed E-state index contributed by atoms with van der Waals surface area (Å²) >= 11 is 0. The molecule has 0 amide bonds. The van der Waals surface area contributed by atoms with Crippen LogP contribution in [0.15, 0.2) is 12.7 Å². The van der Waals surface area contributed by atoms with E-state index in [1.165, 1.54) is 19.3 Å². The van der Waals surface area contributed by atoms with Crippen molar-refractivity contribution in [2.75, 3.05) is 7.11 Å². The highest BCUT2D eigenvalue weighted by Crippen LogP contribution is 2.45. The van der Waals surface area contributed by atoms with E-state index in [1.54, 1.807) is 7.11 Å². The molecule has 1 fully saturated rings. The summed E-state index contributed by atoms with van der Waals surface area (Å²) in [5, 5.41) is 0. The molecule has 1 aliphatic rings. The maximum Gasteiger partial charge on any atom is 0.0659 e. The average Bonchev–Trinajstić information content (AvgIpc) is 1.96. The number of ether oxygens (including phenoxy) is 1. The molecule has 0 saturated heterocycles. The number of methoxy groups -OCH3 is 1. The fraction of sp³-hybridized carbons (Fsp3) is 0.800. The van der Waals surface area contributed by atoms with Gasteiger partial charge in [0.2, 0.25) is 0 Å². The molecule has 1 rings (SSSR count). The van der Waals surface area contributed by atoms with Crippen LogP contribution in [0.4, 0.5) is 0 Å². The summed E-state index contributed by atoms with van der Waals surface area (Å²) in [5.74, 6) is 0. The Kier molecular flexibility index (Phi) is 2.72. The van der Waals surface area contributed by atoms with Crippen molar-refractivity contribution in [3.8, 4) is 0 Å². The summed E-state index contributed by atoms with van der Waals surface area (Å²) in [6, 6.07) is 0. The van der Waals surface area contributed by atoms with E-state index >= 15 is 0 Å². The lowest BCUT2D eigenvalue weighted by Gasteiger charge is -2.43. The third-order valence-electron chi connectivity index (χ3n) is 2.94. The lowest BCUT2D eigenvalue weighted by atomic mass is 9.66. The Morgan fingerprint density at radius 1 is 1.64 bits per heavy atom. The third kappa shape index (κ3) is 1.64. The first-order valence-corrected chi connectivity index (χ1v) is 4.36. The minimum Gasteiger partial charge on any atom is -0.381 e. The van der Waals surface area contributed by atoms with Gasteiger partial charge in [0.05, 0.1) is 6.10 Å². The normalized spacial score (nSPS) is 23.8. The molecule has 1 atom stereocenters. The van der Waals surface area contributed by atoms with Crippen LogP contribution in [0.1, 0.15) is 32.6 Å². The van der Waals surface area contributed by atoms with E-state index in [0.717, 1.165) is 6.42 Å². The first kappa shape index (κ1) is 8.79. The zero-order valence-electron chi connectivity index (χ0n) is 7.60. The molecule has 1 unspecified atom stereocenters. The minimum absolute atomic E-state index is 0.397. The summed E-state index contributed by atoms with van der Waals surface area (Å²) in [7, 11) is 1.80. The van der Waals surface area contributed by atoms with Crippen LogP contribution in [-0.4, -0.2) is 13.2 Å². The van der Waals surface area contributed by atoms with E-state index in [1.807, 2.05) is 6.08 Å². The summed E-state index contributed by atoms with van der Waals surface area (Å²) in [5.41, 5.74) is 0.447. The standard InChI is InChI=1S/C10H18O/c1-4-6-9(11-3)10(2)7-5-8-10/h4,9H,1,5-8H2,2-3H3. The Morgan fingerprint density at radius 3 is 2.55 bits per heavy atom. The van der Waals surface area contributed by atoms with Crippen LogP contribution in [0.25, 0.3) is 0 Å². The van der Waals surface area contributed by atoms with Crippen LogP contribution < -0.4 is 0 Å².